The minimum Gasteiger partial charge on any atom is -0.475 e. The molecule has 6 nitrogen and oxygen atoms in total. The van der Waals surface area contributed by atoms with Gasteiger partial charge in [-0.25, -0.2) is 4.98 Å². The highest BCUT2D eigenvalue weighted by atomic mass is 16.5. The normalized spacial score (nSPS) is 9.95. The van der Waals surface area contributed by atoms with Gasteiger partial charge in [0.25, 0.3) is 0 Å². The van der Waals surface area contributed by atoms with Gasteiger partial charge in [-0.05, 0) is 6.07 Å². The second-order valence-corrected chi connectivity index (χ2v) is 3.69. The lowest BCUT2D eigenvalue weighted by molar-refractivity contribution is -0.115. The van der Waals surface area contributed by atoms with Crippen LogP contribution in [0.5, 0.6) is 5.88 Å². The van der Waals surface area contributed by atoms with E-state index in [1.807, 2.05) is 0 Å². The summed E-state index contributed by atoms with van der Waals surface area (Å²) in [6.45, 7) is 5.34. The van der Waals surface area contributed by atoms with Crippen molar-refractivity contribution in [3.63, 3.8) is 0 Å². The number of carbonyl (C=O) groups is 1. The van der Waals surface area contributed by atoms with Crippen LogP contribution in [0.2, 0.25) is 0 Å². The maximum Gasteiger partial charge on any atom is 0.238 e. The molecule has 0 spiro atoms. The second kappa shape index (κ2) is 9.07. The molecule has 2 N–H and O–H groups in total. The molecule has 0 unspecified atom stereocenters. The Labute approximate surface area is 112 Å². The van der Waals surface area contributed by atoms with Crippen molar-refractivity contribution >= 4 is 11.6 Å². The predicted octanol–water partition coefficient (Wildman–Crippen LogP) is 0.821. The number of carbonyl (C=O) groups excluding carboxylic acids is 1. The van der Waals surface area contributed by atoms with Crippen molar-refractivity contribution in [2.45, 2.75) is 0 Å². The Balaban J connectivity index is 2.34. The number of nitrogens with zero attached hydrogens (tertiary/aromatic N) is 1. The Morgan fingerprint density at radius 3 is 2.95 bits per heavy atom. The SMILES string of the molecule is C=CCNCC(=O)Nc1ccc(OCCOC)nc1. The van der Waals surface area contributed by atoms with Gasteiger partial charge < -0.3 is 20.1 Å². The molecule has 1 aromatic rings. The molecule has 0 aromatic carbocycles. The number of rotatable bonds is 9. The van der Waals surface area contributed by atoms with Gasteiger partial charge in [-0.15, -0.1) is 6.58 Å². The lowest BCUT2D eigenvalue weighted by Crippen LogP contribution is -2.28. The topological polar surface area (TPSA) is 72.5 Å². The standard InChI is InChI=1S/C13H19N3O3/c1-3-6-14-10-12(17)16-11-4-5-13(15-9-11)19-8-7-18-2/h3-5,9,14H,1,6-8,10H2,2H3,(H,16,17). The van der Waals surface area contributed by atoms with Crippen LogP contribution in [0.4, 0.5) is 5.69 Å². The Hall–Kier alpha value is -1.92. The molecule has 1 aromatic heterocycles. The molecule has 1 amide bonds. The van der Waals surface area contributed by atoms with Gasteiger partial charge in [-0.2, -0.15) is 0 Å². The molecule has 0 radical (unpaired) electrons. The third kappa shape index (κ3) is 6.54. The van der Waals surface area contributed by atoms with Crippen molar-refractivity contribution in [1.29, 1.82) is 0 Å². The van der Waals surface area contributed by atoms with Crippen LogP contribution in [0.1, 0.15) is 0 Å². The summed E-state index contributed by atoms with van der Waals surface area (Å²) in [6, 6.07) is 3.43. The van der Waals surface area contributed by atoms with Crippen LogP contribution in [0, 0.1) is 0 Å². The number of methoxy groups -OCH3 is 1. The second-order valence-electron chi connectivity index (χ2n) is 3.69. The van der Waals surface area contributed by atoms with Crippen molar-refractivity contribution in [1.82, 2.24) is 10.3 Å². The van der Waals surface area contributed by atoms with Gasteiger partial charge in [0.1, 0.15) is 6.61 Å². The van der Waals surface area contributed by atoms with Gasteiger partial charge in [0.2, 0.25) is 11.8 Å². The summed E-state index contributed by atoms with van der Waals surface area (Å²) in [7, 11) is 1.61. The van der Waals surface area contributed by atoms with Crippen LogP contribution in [-0.4, -0.2) is 44.3 Å². The number of anilines is 1. The van der Waals surface area contributed by atoms with Crippen molar-refractivity contribution in [2.24, 2.45) is 0 Å². The number of hydrogen-bond acceptors (Lipinski definition) is 5. The summed E-state index contributed by atoms with van der Waals surface area (Å²) in [5.41, 5.74) is 0.629. The third-order valence-electron chi connectivity index (χ3n) is 2.13. The van der Waals surface area contributed by atoms with E-state index < -0.39 is 0 Å². The molecule has 1 rings (SSSR count). The highest BCUT2D eigenvalue weighted by Crippen LogP contribution is 2.11. The Morgan fingerprint density at radius 2 is 2.32 bits per heavy atom. The summed E-state index contributed by atoms with van der Waals surface area (Å²) in [5, 5.41) is 5.63. The molecular formula is C13H19N3O3. The maximum absolute atomic E-state index is 11.5. The summed E-state index contributed by atoms with van der Waals surface area (Å²) in [5.74, 6) is 0.372. The van der Waals surface area contributed by atoms with Crippen LogP contribution in [0.3, 0.4) is 0 Å². The zero-order valence-corrected chi connectivity index (χ0v) is 11.0. The van der Waals surface area contributed by atoms with Crippen LogP contribution in [0.15, 0.2) is 31.0 Å². The lowest BCUT2D eigenvalue weighted by Gasteiger charge is -2.07. The first kappa shape index (κ1) is 15.1. The van der Waals surface area contributed by atoms with Crippen molar-refractivity contribution in [3.8, 4) is 5.88 Å². The number of nitrogens with one attached hydrogen (secondary N) is 2. The van der Waals surface area contributed by atoms with E-state index in [0.717, 1.165) is 0 Å². The molecule has 1 heterocycles. The van der Waals surface area contributed by atoms with E-state index in [2.05, 4.69) is 22.2 Å². The molecule has 0 saturated carbocycles. The highest BCUT2D eigenvalue weighted by molar-refractivity contribution is 5.92. The smallest absolute Gasteiger partial charge is 0.238 e. The Kier molecular flexibility index (Phi) is 7.23. The molecule has 104 valence electrons. The van der Waals surface area contributed by atoms with E-state index in [1.54, 1.807) is 31.5 Å². The maximum atomic E-state index is 11.5. The van der Waals surface area contributed by atoms with Gasteiger partial charge in [0, 0.05) is 19.7 Å². The van der Waals surface area contributed by atoms with Gasteiger partial charge in [0.05, 0.1) is 25.0 Å². The zero-order valence-electron chi connectivity index (χ0n) is 11.0. The van der Waals surface area contributed by atoms with E-state index in [1.165, 1.54) is 0 Å². The van der Waals surface area contributed by atoms with Gasteiger partial charge in [-0.1, -0.05) is 6.08 Å². The van der Waals surface area contributed by atoms with E-state index in [-0.39, 0.29) is 12.5 Å². The first-order chi connectivity index (χ1) is 9.26. The summed E-state index contributed by atoms with van der Waals surface area (Å²) in [4.78, 5) is 15.6. The molecule has 19 heavy (non-hydrogen) atoms. The fourth-order valence-corrected chi connectivity index (χ4v) is 1.26. The molecular weight excluding hydrogens is 246 g/mol. The van der Waals surface area contributed by atoms with Crippen LogP contribution < -0.4 is 15.4 Å². The van der Waals surface area contributed by atoms with Gasteiger partial charge in [-0.3, -0.25) is 4.79 Å². The highest BCUT2D eigenvalue weighted by Gasteiger charge is 2.02. The van der Waals surface area contributed by atoms with E-state index in [9.17, 15) is 4.79 Å². The first-order valence-corrected chi connectivity index (χ1v) is 5.95. The van der Waals surface area contributed by atoms with Gasteiger partial charge >= 0.3 is 0 Å². The number of aromatic nitrogens is 1. The summed E-state index contributed by atoms with van der Waals surface area (Å²) in [6.07, 6.45) is 3.24. The molecule has 0 bridgehead atoms. The monoisotopic (exact) mass is 265 g/mol. The van der Waals surface area contributed by atoms with Crippen molar-refractivity contribution < 1.29 is 14.3 Å². The number of ether oxygens (including phenoxy) is 2. The quantitative estimate of drug-likeness (QED) is 0.511. The van der Waals surface area contributed by atoms with Crippen molar-refractivity contribution in [2.75, 3.05) is 38.7 Å². The molecule has 6 heteroatoms. The zero-order chi connectivity index (χ0) is 13.9. The summed E-state index contributed by atoms with van der Waals surface area (Å²) < 4.78 is 10.2. The fraction of sp³-hybridized carbons (Fsp3) is 0.385. The molecule has 0 fully saturated rings. The number of amides is 1. The van der Waals surface area contributed by atoms with Gasteiger partial charge in [0.15, 0.2) is 0 Å². The van der Waals surface area contributed by atoms with E-state index >= 15 is 0 Å². The van der Waals surface area contributed by atoms with E-state index in [4.69, 9.17) is 9.47 Å². The Bertz CT molecular complexity index is 393. The third-order valence-corrected chi connectivity index (χ3v) is 2.13. The predicted molar refractivity (Wildman–Crippen MR) is 73.3 cm³/mol. The average molecular weight is 265 g/mol. The minimum absolute atomic E-state index is 0.128. The number of hydrogen-bond donors (Lipinski definition) is 2. The lowest BCUT2D eigenvalue weighted by atomic mass is 10.4. The molecule has 0 aliphatic heterocycles. The van der Waals surface area contributed by atoms with Crippen LogP contribution in [0.25, 0.3) is 0 Å². The Morgan fingerprint density at radius 1 is 1.47 bits per heavy atom. The van der Waals surface area contributed by atoms with Crippen LogP contribution >= 0.6 is 0 Å². The largest absolute Gasteiger partial charge is 0.475 e. The molecule has 0 saturated heterocycles. The van der Waals surface area contributed by atoms with Crippen molar-refractivity contribution in [3.05, 3.63) is 31.0 Å². The van der Waals surface area contributed by atoms with Crippen LogP contribution in [-0.2, 0) is 9.53 Å². The minimum atomic E-state index is -0.128. The molecule has 0 aliphatic rings. The average Bonchev–Trinajstić information content (AvgIpc) is 2.41. The fourth-order valence-electron chi connectivity index (χ4n) is 1.26. The number of pyridine rings is 1. The summed E-state index contributed by atoms with van der Waals surface area (Å²) >= 11 is 0. The first-order valence-electron chi connectivity index (χ1n) is 5.95. The van der Waals surface area contributed by atoms with E-state index in [0.29, 0.717) is 31.3 Å². The molecule has 0 aliphatic carbocycles. The molecule has 0 atom stereocenters.